The summed E-state index contributed by atoms with van der Waals surface area (Å²) in [5.41, 5.74) is -0.561. The van der Waals surface area contributed by atoms with Crippen molar-refractivity contribution in [2.45, 2.75) is 0 Å². The number of phenols is 4. The summed E-state index contributed by atoms with van der Waals surface area (Å²) in [4.78, 5) is 53.8. The molecule has 0 aliphatic rings. The molecule has 0 heterocycles. The molecule has 0 aliphatic carbocycles. The summed E-state index contributed by atoms with van der Waals surface area (Å²) in [5.74, 6) is -7.31. The highest BCUT2D eigenvalue weighted by molar-refractivity contribution is 5.96. The standard InChI is InChI=1S/C13H8F2O3.2C10H12O5.C9H10O4.C7H6O5/c14-8-2-3-9(11(15)6-8)7-1-4-12(16)10(5-7)13(17)18;1-13-6-4-7(14-2)9(10(11)12)8(5-6)15-3;1-13-7-5-4-6(10(11)12)8(14-2)9(7)15-3;1-12-6-4-3-5-7(13-2)8(6)9(10)11;8-3-1-4(9)6(7(11)12)5(10)2-3/h1-6,16H,(H,17,18);2*4-5H,1-3H3,(H,11,12);3-5H,1-2H3,(H,10,11);1-2,8-10H,(H,11,12). The minimum absolute atomic E-state index is 0.0131. The van der Waals surface area contributed by atoms with E-state index in [2.05, 4.69) is 0 Å². The third kappa shape index (κ3) is 15.8. The van der Waals surface area contributed by atoms with Gasteiger partial charge in [0.15, 0.2) is 11.5 Å². The smallest absolute Gasteiger partial charge is 0.343 e. The lowest BCUT2D eigenvalue weighted by molar-refractivity contribution is 0.0678. The molecule has 0 radical (unpaired) electrons. The van der Waals surface area contributed by atoms with E-state index in [1.165, 1.54) is 93.3 Å². The summed E-state index contributed by atoms with van der Waals surface area (Å²) in [6.07, 6.45) is 0. The Balaban J connectivity index is 0.000000315. The highest BCUT2D eigenvalue weighted by atomic mass is 19.1. The van der Waals surface area contributed by atoms with Gasteiger partial charge in [0.25, 0.3) is 0 Å². The van der Waals surface area contributed by atoms with Gasteiger partial charge in [0.2, 0.25) is 5.75 Å². The quantitative estimate of drug-likeness (QED) is 0.0503. The van der Waals surface area contributed by atoms with Crippen molar-refractivity contribution in [1.82, 2.24) is 0 Å². The van der Waals surface area contributed by atoms with Gasteiger partial charge in [-0.05, 0) is 54.1 Å². The molecule has 24 heteroatoms. The maximum Gasteiger partial charge on any atom is 0.343 e. The first-order chi connectivity index (χ1) is 34.5. The van der Waals surface area contributed by atoms with Gasteiger partial charge in [0.05, 0.1) is 56.9 Å². The van der Waals surface area contributed by atoms with Crippen molar-refractivity contribution in [1.29, 1.82) is 0 Å². The first-order valence-corrected chi connectivity index (χ1v) is 20.0. The van der Waals surface area contributed by atoms with Crippen LogP contribution in [0, 0.1) is 11.6 Å². The average molecular weight is 1030 g/mol. The Morgan fingerprint density at radius 2 is 0.863 bits per heavy atom. The Morgan fingerprint density at radius 3 is 1.26 bits per heavy atom. The minimum atomic E-state index is -1.45. The van der Waals surface area contributed by atoms with E-state index in [-0.39, 0.29) is 56.4 Å². The molecule has 390 valence electrons. The zero-order valence-corrected chi connectivity index (χ0v) is 39.7. The Kier molecular flexibility index (Phi) is 22.7. The van der Waals surface area contributed by atoms with Crippen molar-refractivity contribution in [3.05, 3.63) is 130 Å². The number of carboxylic acid groups (broad SMARTS) is 5. The number of halogens is 2. The Labute approximate surface area is 413 Å². The molecule has 22 nitrogen and oxygen atoms in total. The number of aromatic hydroxyl groups is 4. The third-order valence-electron chi connectivity index (χ3n) is 9.27. The monoisotopic (exact) mass is 1030 g/mol. The Hall–Kier alpha value is -9.87. The lowest BCUT2D eigenvalue weighted by Gasteiger charge is -2.13. The van der Waals surface area contributed by atoms with Gasteiger partial charge >= 0.3 is 29.8 Å². The largest absolute Gasteiger partial charge is 0.508 e. The SMILES string of the molecule is COc1cc(OC)c(C(=O)O)c(OC)c1.COc1ccc(C(=O)O)c(OC)c1OC.COc1cccc(OC)c1C(=O)O.O=C(O)c1c(O)cc(O)cc1O.O=C(O)c1cc(-c2ccc(F)cc2F)ccc1O. The molecule has 0 amide bonds. The van der Waals surface area contributed by atoms with Crippen LogP contribution in [0.2, 0.25) is 0 Å². The molecule has 9 N–H and O–H groups in total. The molecular weight excluding hydrogens is 979 g/mol. The molecule has 0 saturated heterocycles. The fourth-order valence-corrected chi connectivity index (χ4v) is 5.96. The van der Waals surface area contributed by atoms with Gasteiger partial charge in [0, 0.05) is 35.9 Å². The first-order valence-electron chi connectivity index (χ1n) is 20.0. The number of methoxy groups -OCH3 is 8. The first kappa shape index (κ1) is 59.3. The number of benzene rings is 6. The molecular formula is C49H48F2O22. The van der Waals surface area contributed by atoms with Crippen LogP contribution >= 0.6 is 0 Å². The van der Waals surface area contributed by atoms with Crippen LogP contribution < -0.4 is 37.9 Å². The van der Waals surface area contributed by atoms with E-state index in [1.807, 2.05) is 0 Å². The number of hydrogen-bond donors (Lipinski definition) is 9. The van der Waals surface area contributed by atoms with Crippen LogP contribution in [0.15, 0.2) is 91.0 Å². The fourth-order valence-electron chi connectivity index (χ4n) is 5.96. The van der Waals surface area contributed by atoms with Crippen LogP contribution in [0.1, 0.15) is 51.8 Å². The summed E-state index contributed by atoms with van der Waals surface area (Å²) in [5, 5.41) is 80.0. The van der Waals surface area contributed by atoms with Crippen LogP contribution in [0.3, 0.4) is 0 Å². The molecule has 6 aromatic rings. The van der Waals surface area contributed by atoms with Gasteiger partial charge in [-0.25, -0.2) is 32.8 Å². The lowest BCUT2D eigenvalue weighted by atomic mass is 10.0. The maximum absolute atomic E-state index is 13.5. The van der Waals surface area contributed by atoms with E-state index in [9.17, 15) is 37.9 Å². The molecule has 0 spiro atoms. The summed E-state index contributed by atoms with van der Waals surface area (Å²) >= 11 is 0. The van der Waals surface area contributed by atoms with Crippen LogP contribution in [0.25, 0.3) is 11.1 Å². The van der Waals surface area contributed by atoms with Crippen LogP contribution in [-0.4, -0.2) is 133 Å². The topological polar surface area (TPSA) is 341 Å². The van der Waals surface area contributed by atoms with Gasteiger partial charge in [-0.3, -0.25) is 0 Å². The summed E-state index contributed by atoms with van der Waals surface area (Å²) in [6.45, 7) is 0. The Bertz CT molecular complexity index is 2850. The van der Waals surface area contributed by atoms with Crippen LogP contribution in [0.4, 0.5) is 8.78 Å². The Morgan fingerprint density at radius 1 is 0.397 bits per heavy atom. The van der Waals surface area contributed by atoms with E-state index in [1.54, 1.807) is 18.2 Å². The van der Waals surface area contributed by atoms with Gasteiger partial charge in [0.1, 0.15) is 91.2 Å². The second-order valence-corrected chi connectivity index (χ2v) is 13.6. The molecule has 0 atom stereocenters. The van der Waals surface area contributed by atoms with Gasteiger partial charge in [-0.15, -0.1) is 0 Å². The molecule has 0 aliphatic heterocycles. The van der Waals surface area contributed by atoms with Gasteiger partial charge < -0.3 is 83.9 Å². The number of ether oxygens (including phenoxy) is 8. The highest BCUT2D eigenvalue weighted by Crippen LogP contribution is 2.40. The molecule has 0 saturated carbocycles. The fraction of sp³-hybridized carbons (Fsp3) is 0.163. The molecule has 0 aromatic heterocycles. The molecule has 0 unspecified atom stereocenters. The second kappa shape index (κ2) is 28.0. The van der Waals surface area contributed by atoms with E-state index in [0.717, 1.165) is 30.3 Å². The van der Waals surface area contributed by atoms with Gasteiger partial charge in [-0.1, -0.05) is 12.1 Å². The van der Waals surface area contributed by atoms with E-state index in [4.69, 9.17) is 78.7 Å². The summed E-state index contributed by atoms with van der Waals surface area (Å²) < 4.78 is 66.0. The average Bonchev–Trinajstić information content (AvgIpc) is 3.35. The van der Waals surface area contributed by atoms with Crippen molar-refractivity contribution < 1.29 is 117 Å². The zero-order chi connectivity index (χ0) is 55.3. The number of rotatable bonds is 14. The number of phenolic OH excluding ortho intramolecular Hbond substituents is 1. The van der Waals surface area contributed by atoms with Gasteiger partial charge in [-0.2, -0.15) is 0 Å². The number of carbonyl (C=O) groups is 5. The second-order valence-electron chi connectivity index (χ2n) is 13.6. The van der Waals surface area contributed by atoms with E-state index < -0.39 is 70.0 Å². The van der Waals surface area contributed by atoms with Crippen molar-refractivity contribution in [2.75, 3.05) is 56.9 Å². The summed E-state index contributed by atoms with van der Waals surface area (Å²) in [7, 11) is 11.4. The predicted octanol–water partition coefficient (Wildman–Crippen LogP) is 7.76. The normalized spacial score (nSPS) is 9.73. The molecule has 73 heavy (non-hydrogen) atoms. The van der Waals surface area contributed by atoms with E-state index >= 15 is 0 Å². The maximum atomic E-state index is 13.5. The number of aromatic carboxylic acids is 5. The molecule has 0 fully saturated rings. The van der Waals surface area contributed by atoms with Crippen LogP contribution in [0.5, 0.6) is 69.0 Å². The van der Waals surface area contributed by atoms with Crippen molar-refractivity contribution >= 4 is 29.8 Å². The molecule has 6 aromatic carbocycles. The number of hydrogen-bond acceptors (Lipinski definition) is 17. The van der Waals surface area contributed by atoms with Crippen molar-refractivity contribution in [2.24, 2.45) is 0 Å². The third-order valence-corrected chi connectivity index (χ3v) is 9.27. The molecule has 6 rings (SSSR count). The summed E-state index contributed by atoms with van der Waals surface area (Å²) in [6, 6.07) is 19.0. The lowest BCUT2D eigenvalue weighted by Crippen LogP contribution is -2.04. The van der Waals surface area contributed by atoms with E-state index in [0.29, 0.717) is 29.1 Å². The predicted molar refractivity (Wildman–Crippen MR) is 251 cm³/mol. The highest BCUT2D eigenvalue weighted by Gasteiger charge is 2.22. The van der Waals surface area contributed by atoms with Crippen LogP contribution in [-0.2, 0) is 0 Å². The molecule has 0 bridgehead atoms. The minimum Gasteiger partial charge on any atom is -0.508 e. The number of carboxylic acids is 5. The van der Waals surface area contributed by atoms with Crippen molar-refractivity contribution in [3.63, 3.8) is 0 Å². The zero-order valence-electron chi connectivity index (χ0n) is 39.7. The van der Waals surface area contributed by atoms with Crippen molar-refractivity contribution in [3.8, 4) is 80.1 Å².